The molecule has 2 amide bonds. The molecule has 0 heterocycles. The van der Waals surface area contributed by atoms with Crippen molar-refractivity contribution in [3.8, 4) is 0 Å². The zero-order chi connectivity index (χ0) is 20.1. The molecule has 0 unspecified atom stereocenters. The Morgan fingerprint density at radius 3 is 2.46 bits per heavy atom. The van der Waals surface area contributed by atoms with Crippen molar-refractivity contribution < 1.29 is 14.0 Å². The molecule has 2 aromatic rings. The monoisotopic (exact) mass is 380 g/mol. The van der Waals surface area contributed by atoms with Crippen LogP contribution in [0.2, 0.25) is 0 Å². The third-order valence-corrected chi connectivity index (χ3v) is 4.87. The van der Waals surface area contributed by atoms with Crippen LogP contribution in [0.1, 0.15) is 46.3 Å². The van der Waals surface area contributed by atoms with Crippen molar-refractivity contribution in [3.05, 3.63) is 76.6 Å². The number of nitrogens with one attached hydrogen (secondary N) is 2. The van der Waals surface area contributed by atoms with Crippen LogP contribution >= 0.6 is 0 Å². The Morgan fingerprint density at radius 1 is 1.14 bits per heavy atom. The van der Waals surface area contributed by atoms with Gasteiger partial charge in [0.15, 0.2) is 0 Å². The van der Waals surface area contributed by atoms with Crippen LogP contribution in [0.4, 0.5) is 4.39 Å². The van der Waals surface area contributed by atoms with Gasteiger partial charge in [0.25, 0.3) is 11.8 Å². The zero-order valence-electron chi connectivity index (χ0n) is 16.2. The molecular weight excluding hydrogens is 355 g/mol. The van der Waals surface area contributed by atoms with Crippen LogP contribution in [0.3, 0.4) is 0 Å². The fourth-order valence-corrected chi connectivity index (χ4v) is 3.12. The molecule has 2 N–H and O–H groups in total. The Kier molecular flexibility index (Phi) is 6.24. The van der Waals surface area contributed by atoms with Gasteiger partial charge in [0.2, 0.25) is 0 Å². The fraction of sp³-hybridized carbons (Fsp3) is 0.304. The molecule has 1 aliphatic carbocycles. The number of amides is 2. The van der Waals surface area contributed by atoms with Crippen molar-refractivity contribution in [1.82, 2.24) is 10.6 Å². The predicted molar refractivity (Wildman–Crippen MR) is 108 cm³/mol. The standard InChI is InChI=1S/C23H25FN2O2/c1-15-5-3-8-20(24)21(15)19(23(28)26-18-13-14-18)7-4-6-16-9-11-17(12-10-16)22(27)25-2/h3,5,7-12,18H,4,6,13-14H2,1-2H3,(H,25,27)(H,26,28)/b19-7+. The summed E-state index contributed by atoms with van der Waals surface area (Å²) in [6.07, 6.45) is 5.07. The average Bonchev–Trinajstić information content (AvgIpc) is 3.50. The molecule has 0 spiro atoms. The molecule has 0 bridgehead atoms. The summed E-state index contributed by atoms with van der Waals surface area (Å²) in [4.78, 5) is 24.3. The van der Waals surface area contributed by atoms with Crippen LogP contribution in [0.5, 0.6) is 0 Å². The van der Waals surface area contributed by atoms with E-state index < -0.39 is 0 Å². The zero-order valence-corrected chi connectivity index (χ0v) is 16.2. The Labute approximate surface area is 164 Å². The number of benzene rings is 2. The number of rotatable bonds is 7. The summed E-state index contributed by atoms with van der Waals surface area (Å²) in [6.45, 7) is 1.81. The van der Waals surface area contributed by atoms with Crippen molar-refractivity contribution >= 4 is 17.4 Å². The number of allylic oxidation sites excluding steroid dienone is 1. The molecule has 5 heteroatoms. The number of hydrogen-bond acceptors (Lipinski definition) is 2. The third-order valence-electron chi connectivity index (χ3n) is 4.87. The minimum atomic E-state index is -0.382. The third kappa shape index (κ3) is 4.85. The minimum Gasteiger partial charge on any atom is -0.355 e. The second kappa shape index (κ2) is 8.83. The van der Waals surface area contributed by atoms with Gasteiger partial charge in [-0.05, 0) is 61.9 Å². The maximum atomic E-state index is 14.5. The van der Waals surface area contributed by atoms with E-state index in [4.69, 9.17) is 0 Å². The summed E-state index contributed by atoms with van der Waals surface area (Å²) in [5, 5.41) is 5.56. The highest BCUT2D eigenvalue weighted by Gasteiger charge is 2.26. The molecule has 0 atom stereocenters. The van der Waals surface area contributed by atoms with E-state index in [1.807, 2.05) is 31.2 Å². The quantitative estimate of drug-likeness (QED) is 0.718. The lowest BCUT2D eigenvalue weighted by molar-refractivity contribution is -0.115. The molecule has 1 saturated carbocycles. The Morgan fingerprint density at radius 2 is 1.86 bits per heavy atom. The van der Waals surface area contributed by atoms with Gasteiger partial charge in [0.05, 0.1) is 0 Å². The molecule has 4 nitrogen and oxygen atoms in total. The number of hydrogen-bond donors (Lipinski definition) is 2. The SMILES string of the molecule is CNC(=O)c1ccc(CC/C=C(/C(=O)NC2CC2)c2c(C)cccc2F)cc1. The predicted octanol–water partition coefficient (Wildman–Crippen LogP) is 3.79. The highest BCUT2D eigenvalue weighted by molar-refractivity contribution is 6.20. The van der Waals surface area contributed by atoms with E-state index in [1.165, 1.54) is 6.07 Å². The molecule has 146 valence electrons. The van der Waals surface area contributed by atoms with Crippen molar-refractivity contribution in [2.24, 2.45) is 0 Å². The van der Waals surface area contributed by atoms with Crippen LogP contribution in [0, 0.1) is 12.7 Å². The lowest BCUT2D eigenvalue weighted by Gasteiger charge is -2.12. The van der Waals surface area contributed by atoms with Gasteiger partial charge < -0.3 is 10.6 Å². The maximum absolute atomic E-state index is 14.5. The van der Waals surface area contributed by atoms with E-state index in [-0.39, 0.29) is 23.7 Å². The molecule has 1 aliphatic rings. The summed E-state index contributed by atoms with van der Waals surface area (Å²) >= 11 is 0. The molecule has 28 heavy (non-hydrogen) atoms. The van der Waals surface area contributed by atoms with Gasteiger partial charge >= 0.3 is 0 Å². The van der Waals surface area contributed by atoms with E-state index in [2.05, 4.69) is 10.6 Å². The number of carbonyl (C=O) groups is 2. The minimum absolute atomic E-state index is 0.125. The second-order valence-corrected chi connectivity index (χ2v) is 7.11. The molecule has 0 saturated heterocycles. The van der Waals surface area contributed by atoms with Crippen molar-refractivity contribution in [1.29, 1.82) is 0 Å². The molecular formula is C23H25FN2O2. The summed E-state index contributed by atoms with van der Waals surface area (Å²) in [7, 11) is 1.60. The van der Waals surface area contributed by atoms with E-state index in [1.54, 1.807) is 25.2 Å². The first-order valence-corrected chi connectivity index (χ1v) is 9.57. The normalized spacial score (nSPS) is 13.9. The molecule has 3 rings (SSSR count). The van der Waals surface area contributed by atoms with E-state index in [0.717, 1.165) is 24.0 Å². The summed E-state index contributed by atoms with van der Waals surface area (Å²) < 4.78 is 14.5. The Bertz CT molecular complexity index is 879. The van der Waals surface area contributed by atoms with Gasteiger partial charge in [-0.25, -0.2) is 4.39 Å². The van der Waals surface area contributed by atoms with Crippen molar-refractivity contribution in [3.63, 3.8) is 0 Å². The van der Waals surface area contributed by atoms with Gasteiger partial charge in [0, 0.05) is 29.8 Å². The van der Waals surface area contributed by atoms with Crippen LogP contribution in [0.25, 0.3) is 5.57 Å². The highest BCUT2D eigenvalue weighted by atomic mass is 19.1. The van der Waals surface area contributed by atoms with Crippen LogP contribution in [-0.4, -0.2) is 24.9 Å². The lowest BCUT2D eigenvalue weighted by Crippen LogP contribution is -2.27. The highest BCUT2D eigenvalue weighted by Crippen LogP contribution is 2.26. The van der Waals surface area contributed by atoms with Crippen LogP contribution in [0.15, 0.2) is 48.5 Å². The van der Waals surface area contributed by atoms with Crippen molar-refractivity contribution in [2.45, 2.75) is 38.6 Å². The van der Waals surface area contributed by atoms with E-state index >= 15 is 0 Å². The van der Waals surface area contributed by atoms with Gasteiger partial charge in [0.1, 0.15) is 5.82 Å². The summed E-state index contributed by atoms with van der Waals surface area (Å²) in [6, 6.07) is 12.4. The van der Waals surface area contributed by atoms with Gasteiger partial charge in [-0.15, -0.1) is 0 Å². The topological polar surface area (TPSA) is 58.2 Å². The Hall–Kier alpha value is -2.95. The van der Waals surface area contributed by atoms with Gasteiger partial charge in [-0.2, -0.15) is 0 Å². The van der Waals surface area contributed by atoms with Gasteiger partial charge in [-0.3, -0.25) is 9.59 Å². The number of halogens is 1. The molecule has 0 aromatic heterocycles. The largest absolute Gasteiger partial charge is 0.355 e. The fourth-order valence-electron chi connectivity index (χ4n) is 3.12. The molecule has 0 radical (unpaired) electrons. The summed E-state index contributed by atoms with van der Waals surface area (Å²) in [5.41, 5.74) is 3.16. The van der Waals surface area contributed by atoms with Crippen molar-refractivity contribution in [2.75, 3.05) is 7.05 Å². The van der Waals surface area contributed by atoms with E-state index in [0.29, 0.717) is 29.5 Å². The molecule has 2 aromatic carbocycles. The lowest BCUT2D eigenvalue weighted by atomic mass is 9.97. The molecule has 1 fully saturated rings. The van der Waals surface area contributed by atoms with Gasteiger partial charge in [-0.1, -0.05) is 30.3 Å². The average molecular weight is 380 g/mol. The Balaban J connectivity index is 1.77. The van der Waals surface area contributed by atoms with E-state index in [9.17, 15) is 14.0 Å². The number of aryl methyl sites for hydroxylation is 2. The van der Waals surface area contributed by atoms with Crippen LogP contribution in [-0.2, 0) is 11.2 Å². The number of carbonyl (C=O) groups excluding carboxylic acids is 2. The van der Waals surface area contributed by atoms with Crippen LogP contribution < -0.4 is 10.6 Å². The second-order valence-electron chi connectivity index (χ2n) is 7.11. The smallest absolute Gasteiger partial charge is 0.251 e. The maximum Gasteiger partial charge on any atom is 0.251 e. The summed E-state index contributed by atoms with van der Waals surface area (Å²) in [5.74, 6) is -0.724. The first kappa shape index (κ1) is 19.8. The first-order valence-electron chi connectivity index (χ1n) is 9.57. The molecule has 0 aliphatic heterocycles. The first-order chi connectivity index (χ1) is 13.5.